The van der Waals surface area contributed by atoms with Crippen LogP contribution in [0.3, 0.4) is 0 Å². The van der Waals surface area contributed by atoms with Gasteiger partial charge in [-0.15, -0.1) is 0 Å². The van der Waals surface area contributed by atoms with Gasteiger partial charge in [-0.2, -0.15) is 0 Å². The Balaban J connectivity index is 2.32. The molecule has 0 aromatic heterocycles. The van der Waals surface area contributed by atoms with E-state index in [-0.39, 0.29) is 0 Å². The maximum absolute atomic E-state index is 6.01. The molecule has 0 aliphatic heterocycles. The molecule has 72 valence electrons. The first kappa shape index (κ1) is 10.2. The van der Waals surface area contributed by atoms with Crippen LogP contribution >= 0.6 is 0 Å². The second kappa shape index (κ2) is 3.90. The van der Waals surface area contributed by atoms with E-state index in [1.807, 2.05) is 0 Å². The van der Waals surface area contributed by atoms with Gasteiger partial charge in [-0.05, 0) is 45.3 Å². The van der Waals surface area contributed by atoms with E-state index in [1.165, 1.54) is 19.3 Å². The predicted molar refractivity (Wildman–Crippen MR) is 54.7 cm³/mol. The van der Waals surface area contributed by atoms with Crippen molar-refractivity contribution in [2.45, 2.75) is 57.5 Å². The molecule has 3 heteroatoms. The van der Waals surface area contributed by atoms with Crippen LogP contribution in [0, 0.1) is 0 Å². The number of hydrogen-bond acceptors (Lipinski definition) is 2. The molecule has 2 atom stereocenters. The zero-order valence-electron chi connectivity index (χ0n) is 8.47. The third-order valence-electron chi connectivity index (χ3n) is 2.19. The van der Waals surface area contributed by atoms with Crippen LogP contribution in [0.2, 0.25) is 19.6 Å². The third-order valence-corrected chi connectivity index (χ3v) is 3.23. The molecule has 2 nitrogen and oxygen atoms in total. The van der Waals surface area contributed by atoms with Gasteiger partial charge in [0.05, 0.1) is 0 Å². The Morgan fingerprint density at radius 3 is 2.42 bits per heavy atom. The molecule has 0 bridgehead atoms. The van der Waals surface area contributed by atoms with Gasteiger partial charge in [-0.1, -0.05) is 0 Å². The SMILES string of the molecule is C[Si](C)(C)OC1CCCC(N)C1. The fourth-order valence-corrected chi connectivity index (χ4v) is 3.00. The van der Waals surface area contributed by atoms with Crippen molar-refractivity contribution < 1.29 is 4.43 Å². The highest BCUT2D eigenvalue weighted by Gasteiger charge is 2.25. The summed E-state index contributed by atoms with van der Waals surface area (Å²) in [5.41, 5.74) is 5.88. The molecular formula is C9H21NOSi. The topological polar surface area (TPSA) is 35.2 Å². The molecule has 1 aliphatic rings. The van der Waals surface area contributed by atoms with Gasteiger partial charge in [0.2, 0.25) is 0 Å². The molecule has 0 saturated heterocycles. The summed E-state index contributed by atoms with van der Waals surface area (Å²) in [7, 11) is -1.33. The van der Waals surface area contributed by atoms with E-state index in [0.717, 1.165) is 6.42 Å². The normalized spacial score (nSPS) is 32.0. The van der Waals surface area contributed by atoms with Crippen molar-refractivity contribution in [1.29, 1.82) is 0 Å². The quantitative estimate of drug-likeness (QED) is 0.672. The lowest BCUT2D eigenvalue weighted by Crippen LogP contribution is -2.38. The van der Waals surface area contributed by atoms with Crippen LogP contribution in [0.5, 0.6) is 0 Å². The second-order valence-corrected chi connectivity index (χ2v) is 9.24. The zero-order valence-corrected chi connectivity index (χ0v) is 9.47. The van der Waals surface area contributed by atoms with Crippen LogP contribution in [0.25, 0.3) is 0 Å². The maximum atomic E-state index is 6.01. The summed E-state index contributed by atoms with van der Waals surface area (Å²) in [4.78, 5) is 0. The molecule has 1 aliphatic carbocycles. The van der Waals surface area contributed by atoms with Gasteiger partial charge < -0.3 is 10.2 Å². The van der Waals surface area contributed by atoms with Crippen LogP contribution in [0.1, 0.15) is 25.7 Å². The van der Waals surface area contributed by atoms with Crippen LogP contribution in [-0.2, 0) is 4.43 Å². The van der Waals surface area contributed by atoms with Crippen molar-refractivity contribution in [3.8, 4) is 0 Å². The van der Waals surface area contributed by atoms with E-state index < -0.39 is 8.32 Å². The van der Waals surface area contributed by atoms with E-state index in [4.69, 9.17) is 10.2 Å². The van der Waals surface area contributed by atoms with Gasteiger partial charge in [0.15, 0.2) is 8.32 Å². The van der Waals surface area contributed by atoms with Crippen molar-refractivity contribution in [1.82, 2.24) is 0 Å². The fourth-order valence-electron chi connectivity index (χ4n) is 1.79. The highest BCUT2D eigenvalue weighted by molar-refractivity contribution is 6.69. The molecule has 1 saturated carbocycles. The predicted octanol–water partition coefficient (Wildman–Crippen LogP) is 2.11. The standard InChI is InChI=1S/C9H21NOSi/c1-12(2,3)11-9-6-4-5-8(10)7-9/h8-9H,4-7,10H2,1-3H3. The maximum Gasteiger partial charge on any atom is 0.184 e. The summed E-state index contributed by atoms with van der Waals surface area (Å²) in [6, 6.07) is 0.389. The first-order valence-electron chi connectivity index (χ1n) is 4.91. The van der Waals surface area contributed by atoms with E-state index >= 15 is 0 Å². The number of hydrogen-bond donors (Lipinski definition) is 1. The van der Waals surface area contributed by atoms with Crippen molar-refractivity contribution in [3.05, 3.63) is 0 Å². The number of nitrogens with two attached hydrogens (primary N) is 1. The highest BCUT2D eigenvalue weighted by Crippen LogP contribution is 2.22. The van der Waals surface area contributed by atoms with E-state index in [9.17, 15) is 0 Å². The molecular weight excluding hydrogens is 166 g/mol. The fraction of sp³-hybridized carbons (Fsp3) is 1.00. The first-order valence-corrected chi connectivity index (χ1v) is 8.31. The molecule has 2 unspecified atom stereocenters. The lowest BCUT2D eigenvalue weighted by molar-refractivity contribution is 0.138. The lowest BCUT2D eigenvalue weighted by Gasteiger charge is -2.31. The Morgan fingerprint density at radius 2 is 1.92 bits per heavy atom. The minimum atomic E-state index is -1.33. The Morgan fingerprint density at radius 1 is 1.25 bits per heavy atom. The molecule has 0 heterocycles. The van der Waals surface area contributed by atoms with Crippen molar-refractivity contribution in [2.75, 3.05) is 0 Å². The number of rotatable bonds is 2. The average molecular weight is 187 g/mol. The largest absolute Gasteiger partial charge is 0.415 e. The summed E-state index contributed by atoms with van der Waals surface area (Å²) < 4.78 is 6.01. The Bertz CT molecular complexity index is 144. The lowest BCUT2D eigenvalue weighted by atomic mass is 9.94. The smallest absolute Gasteiger partial charge is 0.184 e. The van der Waals surface area contributed by atoms with Crippen molar-refractivity contribution in [3.63, 3.8) is 0 Å². The van der Waals surface area contributed by atoms with Crippen LogP contribution in [0.15, 0.2) is 0 Å². The Hall–Kier alpha value is 0.137. The minimum absolute atomic E-state index is 0.389. The summed E-state index contributed by atoms with van der Waals surface area (Å²) in [6.45, 7) is 6.73. The second-order valence-electron chi connectivity index (χ2n) is 4.78. The van der Waals surface area contributed by atoms with E-state index in [2.05, 4.69) is 19.6 Å². The molecule has 0 aromatic rings. The van der Waals surface area contributed by atoms with E-state index in [1.54, 1.807) is 0 Å². The monoisotopic (exact) mass is 187 g/mol. The first-order chi connectivity index (χ1) is 5.47. The summed E-state index contributed by atoms with van der Waals surface area (Å²) in [5, 5.41) is 0. The van der Waals surface area contributed by atoms with Gasteiger partial charge in [-0.3, -0.25) is 0 Å². The molecule has 1 fully saturated rings. The molecule has 0 radical (unpaired) electrons. The van der Waals surface area contributed by atoms with E-state index in [0.29, 0.717) is 12.1 Å². The third kappa shape index (κ3) is 3.69. The molecule has 2 N–H and O–H groups in total. The zero-order chi connectivity index (χ0) is 9.19. The molecule has 0 spiro atoms. The molecule has 0 aromatic carbocycles. The van der Waals surface area contributed by atoms with Gasteiger partial charge in [0, 0.05) is 12.1 Å². The van der Waals surface area contributed by atoms with Crippen LogP contribution in [-0.4, -0.2) is 20.5 Å². The van der Waals surface area contributed by atoms with Gasteiger partial charge >= 0.3 is 0 Å². The van der Waals surface area contributed by atoms with Crippen molar-refractivity contribution in [2.24, 2.45) is 5.73 Å². The minimum Gasteiger partial charge on any atom is -0.415 e. The Labute approximate surface area is 76.6 Å². The van der Waals surface area contributed by atoms with Crippen LogP contribution in [0.4, 0.5) is 0 Å². The Kier molecular flexibility index (Phi) is 3.32. The molecule has 1 rings (SSSR count). The van der Waals surface area contributed by atoms with Gasteiger partial charge in [0.1, 0.15) is 0 Å². The van der Waals surface area contributed by atoms with Crippen molar-refractivity contribution >= 4 is 8.32 Å². The van der Waals surface area contributed by atoms with Crippen LogP contribution < -0.4 is 5.73 Å². The average Bonchev–Trinajstić information content (AvgIpc) is 1.82. The summed E-state index contributed by atoms with van der Waals surface area (Å²) in [6.07, 6.45) is 5.19. The summed E-state index contributed by atoms with van der Waals surface area (Å²) >= 11 is 0. The van der Waals surface area contributed by atoms with Gasteiger partial charge in [-0.25, -0.2) is 0 Å². The molecule has 12 heavy (non-hydrogen) atoms. The molecule has 0 amide bonds. The van der Waals surface area contributed by atoms with Gasteiger partial charge in [0.25, 0.3) is 0 Å². The highest BCUT2D eigenvalue weighted by atomic mass is 28.4. The summed E-state index contributed by atoms with van der Waals surface area (Å²) in [5.74, 6) is 0.